The number of amides is 2. The molecule has 3 rings (SSSR count). The zero-order chi connectivity index (χ0) is 16.4. The smallest absolute Gasteiger partial charge is 0.245 e. The zero-order valence-electron chi connectivity index (χ0n) is 13.8. The first kappa shape index (κ1) is 16.0. The van der Waals surface area contributed by atoms with Gasteiger partial charge in [0.15, 0.2) is 0 Å². The minimum atomic E-state index is -0.391. The van der Waals surface area contributed by atoms with E-state index in [-0.39, 0.29) is 17.9 Å². The molecule has 0 aromatic heterocycles. The van der Waals surface area contributed by atoms with Crippen molar-refractivity contribution in [3.63, 3.8) is 0 Å². The summed E-state index contributed by atoms with van der Waals surface area (Å²) in [5.41, 5.74) is 2.31. The van der Waals surface area contributed by atoms with Crippen molar-refractivity contribution in [2.45, 2.75) is 44.9 Å². The molecule has 5 heteroatoms. The van der Waals surface area contributed by atoms with Crippen LogP contribution in [0.4, 0.5) is 0 Å². The molecule has 1 aromatic rings. The Bertz CT molecular complexity index is 602. The third kappa shape index (κ3) is 3.24. The number of methoxy groups -OCH3 is 1. The second-order valence-corrected chi connectivity index (χ2v) is 6.42. The van der Waals surface area contributed by atoms with Crippen molar-refractivity contribution in [3.8, 4) is 0 Å². The van der Waals surface area contributed by atoms with E-state index in [1.165, 1.54) is 5.56 Å². The minimum Gasteiger partial charge on any atom is -0.380 e. The first-order valence-electron chi connectivity index (χ1n) is 8.25. The SMILES string of the molecule is CO[C@@H]1CCCN(C(=O)[C@H]2Cc3ccccc3CN2C(C)=O)C1. The Morgan fingerprint density at radius 1 is 1.22 bits per heavy atom. The van der Waals surface area contributed by atoms with E-state index in [1.807, 2.05) is 23.1 Å². The number of piperidine rings is 1. The van der Waals surface area contributed by atoms with Crippen LogP contribution in [0.5, 0.6) is 0 Å². The summed E-state index contributed by atoms with van der Waals surface area (Å²) in [6, 6.07) is 7.67. The van der Waals surface area contributed by atoms with Crippen LogP contribution in [0.2, 0.25) is 0 Å². The average Bonchev–Trinajstić information content (AvgIpc) is 2.59. The van der Waals surface area contributed by atoms with Gasteiger partial charge in [-0.05, 0) is 24.0 Å². The molecule has 0 spiro atoms. The van der Waals surface area contributed by atoms with Crippen LogP contribution in [0.15, 0.2) is 24.3 Å². The van der Waals surface area contributed by atoms with Crippen molar-refractivity contribution < 1.29 is 14.3 Å². The molecular weight excluding hydrogens is 292 g/mol. The summed E-state index contributed by atoms with van der Waals surface area (Å²) >= 11 is 0. The number of nitrogens with zero attached hydrogens (tertiary/aromatic N) is 2. The van der Waals surface area contributed by atoms with E-state index in [2.05, 4.69) is 6.07 Å². The predicted molar refractivity (Wildman–Crippen MR) is 86.8 cm³/mol. The molecule has 2 atom stereocenters. The van der Waals surface area contributed by atoms with Crippen LogP contribution in [0.1, 0.15) is 30.9 Å². The van der Waals surface area contributed by atoms with Gasteiger partial charge in [-0.15, -0.1) is 0 Å². The van der Waals surface area contributed by atoms with Gasteiger partial charge in [0.2, 0.25) is 11.8 Å². The number of carbonyl (C=O) groups is 2. The molecule has 0 bridgehead atoms. The lowest BCUT2D eigenvalue weighted by Gasteiger charge is -2.40. The molecule has 0 aliphatic carbocycles. The molecule has 1 aromatic carbocycles. The Morgan fingerprint density at radius 3 is 2.65 bits per heavy atom. The molecule has 0 N–H and O–H groups in total. The number of hydrogen-bond donors (Lipinski definition) is 0. The summed E-state index contributed by atoms with van der Waals surface area (Å²) in [6.45, 7) is 3.44. The van der Waals surface area contributed by atoms with E-state index in [4.69, 9.17) is 4.74 Å². The van der Waals surface area contributed by atoms with Crippen LogP contribution in [-0.2, 0) is 27.3 Å². The fourth-order valence-electron chi connectivity index (χ4n) is 3.62. The minimum absolute atomic E-state index is 0.0434. The number of hydrogen-bond acceptors (Lipinski definition) is 3. The molecule has 0 radical (unpaired) electrons. The van der Waals surface area contributed by atoms with Gasteiger partial charge in [-0.2, -0.15) is 0 Å². The summed E-state index contributed by atoms with van der Waals surface area (Å²) in [6.07, 6.45) is 2.65. The lowest BCUT2D eigenvalue weighted by molar-refractivity contribution is -0.148. The normalized spacial score (nSPS) is 24.3. The number of carbonyl (C=O) groups excluding carboxylic acids is 2. The second kappa shape index (κ2) is 6.71. The highest BCUT2D eigenvalue weighted by atomic mass is 16.5. The average molecular weight is 316 g/mol. The highest BCUT2D eigenvalue weighted by Crippen LogP contribution is 2.25. The monoisotopic (exact) mass is 316 g/mol. The third-order valence-electron chi connectivity index (χ3n) is 4.96. The topological polar surface area (TPSA) is 49.9 Å². The van der Waals surface area contributed by atoms with Crippen molar-refractivity contribution >= 4 is 11.8 Å². The number of fused-ring (bicyclic) bond motifs is 1. The summed E-state index contributed by atoms with van der Waals surface area (Å²) in [5.74, 6) is 0.00890. The van der Waals surface area contributed by atoms with Crippen LogP contribution >= 0.6 is 0 Å². The van der Waals surface area contributed by atoms with Crippen LogP contribution in [0.3, 0.4) is 0 Å². The number of ether oxygens (including phenoxy) is 1. The van der Waals surface area contributed by atoms with E-state index in [0.717, 1.165) is 24.9 Å². The van der Waals surface area contributed by atoms with Gasteiger partial charge >= 0.3 is 0 Å². The highest BCUT2D eigenvalue weighted by Gasteiger charge is 2.36. The van der Waals surface area contributed by atoms with E-state index in [9.17, 15) is 9.59 Å². The van der Waals surface area contributed by atoms with Gasteiger partial charge in [0.25, 0.3) is 0 Å². The highest BCUT2D eigenvalue weighted by molar-refractivity contribution is 5.88. The molecule has 23 heavy (non-hydrogen) atoms. The maximum Gasteiger partial charge on any atom is 0.245 e. The quantitative estimate of drug-likeness (QED) is 0.833. The maximum absolute atomic E-state index is 13.0. The van der Waals surface area contributed by atoms with Crippen molar-refractivity contribution in [2.75, 3.05) is 20.2 Å². The largest absolute Gasteiger partial charge is 0.380 e. The lowest BCUT2D eigenvalue weighted by atomic mass is 9.92. The Labute approximate surface area is 137 Å². The molecule has 0 saturated carbocycles. The molecule has 2 aliphatic rings. The second-order valence-electron chi connectivity index (χ2n) is 6.42. The lowest BCUT2D eigenvalue weighted by Crippen LogP contribution is -2.55. The van der Waals surface area contributed by atoms with Crippen LogP contribution in [0.25, 0.3) is 0 Å². The number of rotatable bonds is 2. The molecule has 1 fully saturated rings. The summed E-state index contributed by atoms with van der Waals surface area (Å²) in [4.78, 5) is 28.6. The fraction of sp³-hybridized carbons (Fsp3) is 0.556. The zero-order valence-corrected chi connectivity index (χ0v) is 13.8. The maximum atomic E-state index is 13.0. The van der Waals surface area contributed by atoms with Gasteiger partial charge in [-0.3, -0.25) is 9.59 Å². The molecule has 0 unspecified atom stereocenters. The first-order chi connectivity index (χ1) is 11.1. The Hall–Kier alpha value is -1.88. The predicted octanol–water partition coefficient (Wildman–Crippen LogP) is 1.60. The molecule has 2 amide bonds. The van der Waals surface area contributed by atoms with Gasteiger partial charge in [0, 0.05) is 40.1 Å². The van der Waals surface area contributed by atoms with E-state index < -0.39 is 6.04 Å². The van der Waals surface area contributed by atoms with Crippen molar-refractivity contribution in [2.24, 2.45) is 0 Å². The van der Waals surface area contributed by atoms with Gasteiger partial charge in [-0.25, -0.2) is 0 Å². The third-order valence-corrected chi connectivity index (χ3v) is 4.96. The fourth-order valence-corrected chi connectivity index (χ4v) is 3.62. The Kier molecular flexibility index (Phi) is 4.66. The molecule has 1 saturated heterocycles. The van der Waals surface area contributed by atoms with Gasteiger partial charge in [0.05, 0.1) is 6.10 Å². The van der Waals surface area contributed by atoms with Crippen LogP contribution < -0.4 is 0 Å². The summed E-state index contributed by atoms with van der Waals surface area (Å²) in [5, 5.41) is 0. The van der Waals surface area contributed by atoms with E-state index in [1.54, 1.807) is 18.9 Å². The van der Waals surface area contributed by atoms with Crippen molar-refractivity contribution in [3.05, 3.63) is 35.4 Å². The van der Waals surface area contributed by atoms with Crippen molar-refractivity contribution in [1.29, 1.82) is 0 Å². The number of benzene rings is 1. The van der Waals surface area contributed by atoms with Crippen LogP contribution in [0, 0.1) is 0 Å². The van der Waals surface area contributed by atoms with Gasteiger partial charge in [0.1, 0.15) is 6.04 Å². The summed E-state index contributed by atoms with van der Waals surface area (Å²) < 4.78 is 5.41. The molecule has 124 valence electrons. The number of likely N-dealkylation sites (tertiary alicyclic amines) is 1. The van der Waals surface area contributed by atoms with Crippen LogP contribution in [-0.4, -0.2) is 54.0 Å². The summed E-state index contributed by atoms with van der Waals surface area (Å²) in [7, 11) is 1.69. The molecule has 2 heterocycles. The molecule has 5 nitrogen and oxygen atoms in total. The standard InChI is InChI=1S/C18H24N2O3/c1-13(21)20-11-15-7-4-3-6-14(15)10-17(20)18(22)19-9-5-8-16(12-19)23-2/h3-4,6-7,16-17H,5,8-12H2,1-2H3/t16-,17-/m1/s1. The Balaban J connectivity index is 1.81. The molecule has 2 aliphatic heterocycles. The van der Waals surface area contributed by atoms with Crippen molar-refractivity contribution in [1.82, 2.24) is 9.80 Å². The van der Waals surface area contributed by atoms with Gasteiger partial charge in [-0.1, -0.05) is 24.3 Å². The van der Waals surface area contributed by atoms with E-state index in [0.29, 0.717) is 19.5 Å². The first-order valence-corrected chi connectivity index (χ1v) is 8.25. The molecular formula is C18H24N2O3. The van der Waals surface area contributed by atoms with Gasteiger partial charge < -0.3 is 14.5 Å². The van der Waals surface area contributed by atoms with E-state index >= 15 is 0 Å². The Morgan fingerprint density at radius 2 is 1.96 bits per heavy atom.